The molecule has 1 fully saturated rings. The Morgan fingerprint density at radius 1 is 1.64 bits per heavy atom. The number of thioether (sulfide) groups is 1. The zero-order valence-corrected chi connectivity index (χ0v) is 9.31. The van der Waals surface area contributed by atoms with Gasteiger partial charge in [0.05, 0.1) is 0 Å². The van der Waals surface area contributed by atoms with Crippen molar-refractivity contribution in [3.63, 3.8) is 0 Å². The van der Waals surface area contributed by atoms with Crippen LogP contribution in [0.5, 0.6) is 0 Å². The minimum absolute atomic E-state index is 0.333. The van der Waals surface area contributed by atoms with Crippen LogP contribution < -0.4 is 5.32 Å². The zero-order valence-electron chi connectivity index (χ0n) is 7.74. The molecule has 0 saturated carbocycles. The number of hydrogen-bond acceptors (Lipinski definition) is 4. The lowest BCUT2D eigenvalue weighted by Gasteiger charge is -2.06. The van der Waals surface area contributed by atoms with E-state index in [1.165, 1.54) is 6.42 Å². The Morgan fingerprint density at radius 2 is 2.57 bits per heavy atom. The van der Waals surface area contributed by atoms with Crippen LogP contribution in [0.25, 0.3) is 0 Å². The van der Waals surface area contributed by atoms with Gasteiger partial charge in [0, 0.05) is 11.9 Å². The van der Waals surface area contributed by atoms with E-state index in [0.29, 0.717) is 5.28 Å². The molecule has 76 valence electrons. The van der Waals surface area contributed by atoms with Crippen LogP contribution in [0.1, 0.15) is 6.42 Å². The molecule has 14 heavy (non-hydrogen) atoms. The molecular weight excluding hydrogens is 218 g/mol. The lowest BCUT2D eigenvalue weighted by molar-refractivity contribution is 0.662. The summed E-state index contributed by atoms with van der Waals surface area (Å²) in [4.78, 5) is 7.98. The highest BCUT2D eigenvalue weighted by Gasteiger charge is 2.14. The fraction of sp³-hybridized carbons (Fsp3) is 0.556. The molecule has 1 saturated heterocycles. The van der Waals surface area contributed by atoms with E-state index in [4.69, 9.17) is 11.6 Å². The number of nitrogens with one attached hydrogen (secondary N) is 1. The van der Waals surface area contributed by atoms with Gasteiger partial charge in [-0.15, -0.1) is 11.8 Å². The first kappa shape index (κ1) is 10.2. The van der Waals surface area contributed by atoms with Gasteiger partial charge in [-0.1, -0.05) is 0 Å². The highest BCUT2D eigenvalue weighted by molar-refractivity contribution is 7.99. The molecule has 0 bridgehead atoms. The molecule has 0 radical (unpaired) electrons. The Labute approximate surface area is 92.7 Å². The summed E-state index contributed by atoms with van der Waals surface area (Å²) >= 11 is 7.45. The van der Waals surface area contributed by atoms with Crippen molar-refractivity contribution in [3.05, 3.63) is 17.5 Å². The first-order chi connectivity index (χ1) is 6.84. The molecule has 1 aromatic rings. The quantitative estimate of drug-likeness (QED) is 0.488. The molecule has 1 unspecified atom stereocenters. The molecule has 0 aliphatic carbocycles. The standard InChI is InChI=1S/C9H12ClN3S/c10-9-12-4-2-8(13-9)14-6-7-1-3-11-5-7/h2,4,7,11H,1,3,5-6H2. The van der Waals surface area contributed by atoms with Crippen LogP contribution >= 0.6 is 23.4 Å². The topological polar surface area (TPSA) is 37.8 Å². The normalized spacial score (nSPS) is 21.4. The van der Waals surface area contributed by atoms with Crippen LogP contribution in [0.15, 0.2) is 17.3 Å². The van der Waals surface area contributed by atoms with Gasteiger partial charge in [0.25, 0.3) is 0 Å². The smallest absolute Gasteiger partial charge is 0.223 e. The molecule has 1 atom stereocenters. The third-order valence-corrected chi connectivity index (χ3v) is 3.57. The average molecular weight is 230 g/mol. The van der Waals surface area contributed by atoms with Crippen LogP contribution in [0.3, 0.4) is 0 Å². The highest BCUT2D eigenvalue weighted by atomic mass is 35.5. The van der Waals surface area contributed by atoms with Gasteiger partial charge < -0.3 is 5.32 Å². The van der Waals surface area contributed by atoms with E-state index in [2.05, 4.69) is 15.3 Å². The first-order valence-corrected chi connectivity index (χ1v) is 6.03. The zero-order chi connectivity index (χ0) is 9.80. The molecule has 1 aromatic heterocycles. The van der Waals surface area contributed by atoms with Gasteiger partial charge in [0.15, 0.2) is 0 Å². The van der Waals surface area contributed by atoms with Gasteiger partial charge in [-0.2, -0.15) is 0 Å². The van der Waals surface area contributed by atoms with Crippen molar-refractivity contribution < 1.29 is 0 Å². The second-order valence-electron chi connectivity index (χ2n) is 3.33. The van der Waals surface area contributed by atoms with E-state index in [-0.39, 0.29) is 0 Å². The molecular formula is C9H12ClN3S. The summed E-state index contributed by atoms with van der Waals surface area (Å²) in [6.45, 7) is 2.28. The summed E-state index contributed by atoms with van der Waals surface area (Å²) in [6, 6.07) is 1.90. The number of nitrogens with zero attached hydrogens (tertiary/aromatic N) is 2. The molecule has 0 amide bonds. The molecule has 5 heteroatoms. The van der Waals surface area contributed by atoms with E-state index in [0.717, 1.165) is 29.8 Å². The monoisotopic (exact) mass is 229 g/mol. The minimum Gasteiger partial charge on any atom is -0.316 e. The van der Waals surface area contributed by atoms with Gasteiger partial charge >= 0.3 is 0 Å². The third-order valence-electron chi connectivity index (χ3n) is 2.23. The van der Waals surface area contributed by atoms with Crippen molar-refractivity contribution in [2.75, 3.05) is 18.8 Å². The summed E-state index contributed by atoms with van der Waals surface area (Å²) in [5.74, 6) is 1.88. The summed E-state index contributed by atoms with van der Waals surface area (Å²) < 4.78 is 0. The maximum Gasteiger partial charge on any atom is 0.223 e. The largest absolute Gasteiger partial charge is 0.316 e. The fourth-order valence-corrected chi connectivity index (χ4v) is 2.66. The molecule has 3 nitrogen and oxygen atoms in total. The van der Waals surface area contributed by atoms with Crippen LogP contribution in [0, 0.1) is 5.92 Å². The molecule has 0 aromatic carbocycles. The van der Waals surface area contributed by atoms with Gasteiger partial charge in [0.2, 0.25) is 5.28 Å². The second kappa shape index (κ2) is 4.96. The second-order valence-corrected chi connectivity index (χ2v) is 4.71. The Balaban J connectivity index is 1.85. The van der Waals surface area contributed by atoms with Gasteiger partial charge in [-0.05, 0) is 43.1 Å². The van der Waals surface area contributed by atoms with Crippen molar-refractivity contribution in [1.82, 2.24) is 15.3 Å². The first-order valence-electron chi connectivity index (χ1n) is 4.66. The maximum absolute atomic E-state index is 5.69. The highest BCUT2D eigenvalue weighted by Crippen LogP contribution is 2.21. The SMILES string of the molecule is Clc1nccc(SCC2CCNC2)n1. The minimum atomic E-state index is 0.333. The van der Waals surface area contributed by atoms with Crippen molar-refractivity contribution in [3.8, 4) is 0 Å². The van der Waals surface area contributed by atoms with Crippen molar-refractivity contribution in [2.45, 2.75) is 11.4 Å². The number of halogens is 1. The number of aromatic nitrogens is 2. The van der Waals surface area contributed by atoms with Crippen molar-refractivity contribution in [1.29, 1.82) is 0 Å². The molecule has 2 heterocycles. The molecule has 2 rings (SSSR count). The Bertz CT molecular complexity index is 302. The Hall–Kier alpha value is -0.320. The van der Waals surface area contributed by atoms with Gasteiger partial charge in [0.1, 0.15) is 5.03 Å². The van der Waals surface area contributed by atoms with E-state index < -0.39 is 0 Å². The van der Waals surface area contributed by atoms with Crippen LogP contribution in [0.2, 0.25) is 5.28 Å². The summed E-state index contributed by atoms with van der Waals surface area (Å²) in [5.41, 5.74) is 0. The predicted octanol–water partition coefficient (Wildman–Crippen LogP) is 1.83. The van der Waals surface area contributed by atoms with E-state index in [1.807, 2.05) is 6.07 Å². The summed E-state index contributed by atoms with van der Waals surface area (Å²) in [6.07, 6.45) is 2.97. The lowest BCUT2D eigenvalue weighted by Crippen LogP contribution is -2.10. The van der Waals surface area contributed by atoms with Crippen LogP contribution in [-0.2, 0) is 0 Å². The summed E-state index contributed by atoms with van der Waals surface area (Å²) in [5, 5.41) is 4.65. The number of hydrogen-bond donors (Lipinski definition) is 1. The Kier molecular flexibility index (Phi) is 3.61. The number of rotatable bonds is 3. The van der Waals surface area contributed by atoms with E-state index in [9.17, 15) is 0 Å². The fourth-order valence-electron chi connectivity index (χ4n) is 1.46. The van der Waals surface area contributed by atoms with Crippen molar-refractivity contribution in [2.24, 2.45) is 5.92 Å². The van der Waals surface area contributed by atoms with Crippen LogP contribution in [-0.4, -0.2) is 28.8 Å². The van der Waals surface area contributed by atoms with Gasteiger partial charge in [-0.3, -0.25) is 0 Å². The van der Waals surface area contributed by atoms with E-state index >= 15 is 0 Å². The van der Waals surface area contributed by atoms with E-state index in [1.54, 1.807) is 18.0 Å². The molecule has 1 N–H and O–H groups in total. The predicted molar refractivity (Wildman–Crippen MR) is 58.7 cm³/mol. The lowest BCUT2D eigenvalue weighted by atomic mass is 10.2. The van der Waals surface area contributed by atoms with Gasteiger partial charge in [-0.25, -0.2) is 9.97 Å². The molecule has 1 aliphatic rings. The maximum atomic E-state index is 5.69. The van der Waals surface area contributed by atoms with Crippen molar-refractivity contribution >= 4 is 23.4 Å². The summed E-state index contributed by atoms with van der Waals surface area (Å²) in [7, 11) is 0. The average Bonchev–Trinajstić information content (AvgIpc) is 2.67. The molecule has 1 aliphatic heterocycles. The molecule has 0 spiro atoms. The van der Waals surface area contributed by atoms with Crippen LogP contribution in [0.4, 0.5) is 0 Å². The Morgan fingerprint density at radius 3 is 3.29 bits per heavy atom. The third kappa shape index (κ3) is 2.83.